The lowest BCUT2D eigenvalue weighted by molar-refractivity contribution is -0.137. The molecule has 0 aliphatic heterocycles. The van der Waals surface area contributed by atoms with Gasteiger partial charge in [-0.15, -0.1) is 0 Å². The standard InChI is InChI=1S/C16H10F3NO/c17-16(18,19)12-7-6-11-8-9-20-15(14(11)10-12)21-13-4-2-1-3-5-13/h1-10H. The number of alkyl halides is 3. The zero-order valence-corrected chi connectivity index (χ0v) is 10.8. The highest BCUT2D eigenvalue weighted by atomic mass is 19.4. The van der Waals surface area contributed by atoms with Crippen molar-refractivity contribution >= 4 is 10.8 Å². The van der Waals surface area contributed by atoms with E-state index in [4.69, 9.17) is 4.74 Å². The summed E-state index contributed by atoms with van der Waals surface area (Å²) in [6, 6.07) is 14.0. The molecule has 0 saturated carbocycles. The van der Waals surface area contributed by atoms with Crippen molar-refractivity contribution in [2.24, 2.45) is 0 Å². The van der Waals surface area contributed by atoms with Crippen molar-refractivity contribution in [1.82, 2.24) is 4.98 Å². The second kappa shape index (κ2) is 5.09. The van der Waals surface area contributed by atoms with Crippen molar-refractivity contribution in [2.75, 3.05) is 0 Å². The number of fused-ring (bicyclic) bond motifs is 1. The van der Waals surface area contributed by atoms with Crippen LogP contribution in [-0.4, -0.2) is 4.98 Å². The predicted octanol–water partition coefficient (Wildman–Crippen LogP) is 5.05. The van der Waals surface area contributed by atoms with Gasteiger partial charge in [0, 0.05) is 11.6 Å². The molecular formula is C16H10F3NO. The molecule has 0 aliphatic rings. The van der Waals surface area contributed by atoms with Gasteiger partial charge in [-0.1, -0.05) is 24.3 Å². The van der Waals surface area contributed by atoms with Crippen LogP contribution in [-0.2, 0) is 6.18 Å². The molecule has 0 amide bonds. The molecule has 1 aromatic heterocycles. The Kier molecular flexibility index (Phi) is 3.25. The molecule has 2 nitrogen and oxygen atoms in total. The number of nitrogens with zero attached hydrogens (tertiary/aromatic N) is 1. The van der Waals surface area contributed by atoms with Crippen LogP contribution in [0.1, 0.15) is 5.56 Å². The van der Waals surface area contributed by atoms with E-state index in [0.29, 0.717) is 16.5 Å². The zero-order chi connectivity index (χ0) is 14.9. The lowest BCUT2D eigenvalue weighted by Crippen LogP contribution is -2.04. The van der Waals surface area contributed by atoms with E-state index in [1.807, 2.05) is 6.07 Å². The molecule has 5 heteroatoms. The highest BCUT2D eigenvalue weighted by Gasteiger charge is 2.30. The van der Waals surface area contributed by atoms with Gasteiger partial charge in [0.2, 0.25) is 5.88 Å². The Morgan fingerprint density at radius 1 is 0.905 bits per heavy atom. The van der Waals surface area contributed by atoms with Crippen molar-refractivity contribution in [1.29, 1.82) is 0 Å². The Hall–Kier alpha value is -2.56. The predicted molar refractivity (Wildman–Crippen MR) is 73.3 cm³/mol. The van der Waals surface area contributed by atoms with E-state index in [0.717, 1.165) is 12.1 Å². The minimum Gasteiger partial charge on any atom is -0.438 e. The van der Waals surface area contributed by atoms with Gasteiger partial charge < -0.3 is 4.74 Å². The van der Waals surface area contributed by atoms with Gasteiger partial charge in [-0.25, -0.2) is 4.98 Å². The maximum Gasteiger partial charge on any atom is 0.416 e. The second-order valence-corrected chi connectivity index (χ2v) is 4.46. The number of hydrogen-bond acceptors (Lipinski definition) is 2. The molecule has 3 aromatic rings. The van der Waals surface area contributed by atoms with Crippen LogP contribution in [0.15, 0.2) is 60.8 Å². The molecule has 0 fully saturated rings. The second-order valence-electron chi connectivity index (χ2n) is 4.46. The van der Waals surface area contributed by atoms with Crippen molar-refractivity contribution in [3.8, 4) is 11.6 Å². The summed E-state index contributed by atoms with van der Waals surface area (Å²) in [4.78, 5) is 4.04. The lowest BCUT2D eigenvalue weighted by Gasteiger charge is -2.11. The van der Waals surface area contributed by atoms with Crippen molar-refractivity contribution in [2.45, 2.75) is 6.18 Å². The van der Waals surface area contributed by atoms with Gasteiger partial charge in [0.05, 0.1) is 5.56 Å². The number of rotatable bonds is 2. The van der Waals surface area contributed by atoms with Gasteiger partial charge >= 0.3 is 6.18 Å². The summed E-state index contributed by atoms with van der Waals surface area (Å²) in [7, 11) is 0. The number of ether oxygens (including phenoxy) is 1. The van der Waals surface area contributed by atoms with Crippen LogP contribution < -0.4 is 4.74 Å². The van der Waals surface area contributed by atoms with Crippen LogP contribution in [0.2, 0.25) is 0 Å². The highest BCUT2D eigenvalue weighted by Crippen LogP contribution is 2.34. The Morgan fingerprint density at radius 2 is 1.67 bits per heavy atom. The first-order valence-corrected chi connectivity index (χ1v) is 6.23. The first-order chi connectivity index (χ1) is 10.0. The van der Waals surface area contributed by atoms with Crippen molar-refractivity contribution in [3.05, 3.63) is 66.4 Å². The molecule has 2 aromatic carbocycles. The largest absolute Gasteiger partial charge is 0.438 e. The summed E-state index contributed by atoms with van der Waals surface area (Å²) >= 11 is 0. The third-order valence-electron chi connectivity index (χ3n) is 3.01. The van der Waals surface area contributed by atoms with Gasteiger partial charge in [-0.3, -0.25) is 0 Å². The number of hydrogen-bond donors (Lipinski definition) is 0. The van der Waals surface area contributed by atoms with Gasteiger partial charge in [0.1, 0.15) is 5.75 Å². The Morgan fingerprint density at radius 3 is 2.38 bits per heavy atom. The fourth-order valence-electron chi connectivity index (χ4n) is 2.00. The van der Waals surface area contributed by atoms with E-state index in [-0.39, 0.29) is 5.88 Å². The normalized spacial score (nSPS) is 11.6. The van der Waals surface area contributed by atoms with E-state index in [9.17, 15) is 13.2 Å². The molecule has 0 radical (unpaired) electrons. The molecule has 0 unspecified atom stereocenters. The first kappa shape index (κ1) is 13.4. The molecular weight excluding hydrogens is 279 g/mol. The van der Waals surface area contributed by atoms with E-state index in [1.165, 1.54) is 12.3 Å². The molecule has 3 rings (SSSR count). The molecule has 0 aliphatic carbocycles. The third kappa shape index (κ3) is 2.81. The van der Waals surface area contributed by atoms with Crippen molar-refractivity contribution < 1.29 is 17.9 Å². The molecule has 0 atom stereocenters. The third-order valence-corrected chi connectivity index (χ3v) is 3.01. The smallest absolute Gasteiger partial charge is 0.416 e. The van der Waals surface area contributed by atoms with E-state index in [2.05, 4.69) is 4.98 Å². The summed E-state index contributed by atoms with van der Waals surface area (Å²) in [6.45, 7) is 0. The molecule has 106 valence electrons. The minimum atomic E-state index is -4.39. The molecule has 0 spiro atoms. The number of aromatic nitrogens is 1. The summed E-state index contributed by atoms with van der Waals surface area (Å²) in [6.07, 6.45) is -2.89. The Balaban J connectivity index is 2.10. The summed E-state index contributed by atoms with van der Waals surface area (Å²) < 4.78 is 44.0. The SMILES string of the molecule is FC(F)(F)c1ccc2ccnc(Oc3ccccc3)c2c1. The van der Waals surface area contributed by atoms with Crippen LogP contribution in [0.25, 0.3) is 10.8 Å². The van der Waals surface area contributed by atoms with Gasteiger partial charge in [-0.05, 0) is 35.7 Å². The summed E-state index contributed by atoms with van der Waals surface area (Å²) in [5.41, 5.74) is -0.721. The number of benzene rings is 2. The lowest BCUT2D eigenvalue weighted by atomic mass is 10.1. The van der Waals surface area contributed by atoms with E-state index >= 15 is 0 Å². The van der Waals surface area contributed by atoms with Gasteiger partial charge in [-0.2, -0.15) is 13.2 Å². The number of para-hydroxylation sites is 1. The van der Waals surface area contributed by atoms with Crippen LogP contribution in [0.3, 0.4) is 0 Å². The van der Waals surface area contributed by atoms with Crippen LogP contribution in [0, 0.1) is 0 Å². The average Bonchev–Trinajstić information content (AvgIpc) is 2.47. The molecule has 1 heterocycles. The zero-order valence-electron chi connectivity index (χ0n) is 10.8. The monoisotopic (exact) mass is 289 g/mol. The Bertz CT molecular complexity index is 769. The summed E-state index contributed by atoms with van der Waals surface area (Å²) in [5, 5.41) is 0.972. The maximum atomic E-state index is 12.8. The van der Waals surface area contributed by atoms with Crippen molar-refractivity contribution in [3.63, 3.8) is 0 Å². The maximum absolute atomic E-state index is 12.8. The Labute approximate surface area is 118 Å². The quantitative estimate of drug-likeness (QED) is 0.659. The molecule has 0 saturated heterocycles. The first-order valence-electron chi connectivity index (χ1n) is 6.23. The topological polar surface area (TPSA) is 22.1 Å². The van der Waals surface area contributed by atoms with Crippen LogP contribution in [0.4, 0.5) is 13.2 Å². The number of halogens is 3. The molecule has 21 heavy (non-hydrogen) atoms. The summed E-state index contributed by atoms with van der Waals surface area (Å²) in [5.74, 6) is 0.680. The molecule has 0 bridgehead atoms. The highest BCUT2D eigenvalue weighted by molar-refractivity contribution is 5.87. The molecule has 0 N–H and O–H groups in total. The van der Waals surface area contributed by atoms with Crippen LogP contribution >= 0.6 is 0 Å². The van der Waals surface area contributed by atoms with E-state index in [1.54, 1.807) is 30.3 Å². The van der Waals surface area contributed by atoms with E-state index < -0.39 is 11.7 Å². The van der Waals surface area contributed by atoms with Crippen LogP contribution in [0.5, 0.6) is 11.6 Å². The fourth-order valence-corrected chi connectivity index (χ4v) is 2.00. The van der Waals surface area contributed by atoms with Gasteiger partial charge in [0.15, 0.2) is 0 Å². The number of pyridine rings is 1. The van der Waals surface area contributed by atoms with Gasteiger partial charge in [0.25, 0.3) is 0 Å². The fraction of sp³-hybridized carbons (Fsp3) is 0.0625. The average molecular weight is 289 g/mol. The minimum absolute atomic E-state index is 0.157.